The summed E-state index contributed by atoms with van der Waals surface area (Å²) in [5, 5.41) is 0. The Morgan fingerprint density at radius 2 is 2.07 bits per heavy atom. The Morgan fingerprint density at radius 3 is 2.64 bits per heavy atom. The summed E-state index contributed by atoms with van der Waals surface area (Å²) in [6.07, 6.45) is 5.45. The number of hydrogen-bond donors (Lipinski definition) is 2. The molecule has 0 aliphatic carbocycles. The number of nitrogens with one attached hydrogen (secondary N) is 2. The van der Waals surface area contributed by atoms with Crippen LogP contribution in [0.3, 0.4) is 0 Å². The van der Waals surface area contributed by atoms with Crippen molar-refractivity contribution in [3.63, 3.8) is 0 Å². The van der Waals surface area contributed by atoms with Crippen molar-refractivity contribution in [2.45, 2.75) is 26.2 Å². The van der Waals surface area contributed by atoms with Gasteiger partial charge in [0.05, 0.1) is 7.11 Å². The first-order valence-electron chi connectivity index (χ1n) is 4.51. The summed E-state index contributed by atoms with van der Waals surface area (Å²) in [5.74, 6) is -0.369. The highest BCUT2D eigenvalue weighted by Gasteiger charge is 1.98. The SMILES string of the molecule is CCCCC=CC(=O)NNC(=O)OC. The van der Waals surface area contributed by atoms with Crippen molar-refractivity contribution in [2.24, 2.45) is 0 Å². The predicted octanol–water partition coefficient (Wildman–Crippen LogP) is 1.12. The molecule has 0 atom stereocenters. The molecule has 0 aromatic rings. The van der Waals surface area contributed by atoms with E-state index in [1.54, 1.807) is 6.08 Å². The van der Waals surface area contributed by atoms with Crippen LogP contribution in [0.4, 0.5) is 4.79 Å². The third-order valence-electron chi connectivity index (χ3n) is 1.47. The van der Waals surface area contributed by atoms with Crippen molar-refractivity contribution in [3.8, 4) is 0 Å². The molecule has 0 aliphatic rings. The maximum Gasteiger partial charge on any atom is 0.425 e. The van der Waals surface area contributed by atoms with Crippen LogP contribution < -0.4 is 10.9 Å². The maximum atomic E-state index is 11.0. The number of rotatable bonds is 4. The van der Waals surface area contributed by atoms with E-state index in [1.165, 1.54) is 13.2 Å². The van der Waals surface area contributed by atoms with Crippen LogP contribution in [0.2, 0.25) is 0 Å². The standard InChI is InChI=1S/C9H16N2O3/c1-3-4-5-6-7-8(12)10-11-9(13)14-2/h6-7H,3-5H2,1-2H3,(H,10,12)(H,11,13). The van der Waals surface area contributed by atoms with Crippen LogP contribution in [0.25, 0.3) is 0 Å². The summed E-state index contributed by atoms with van der Waals surface area (Å²) in [7, 11) is 1.22. The fourth-order valence-electron chi connectivity index (χ4n) is 0.718. The van der Waals surface area contributed by atoms with Gasteiger partial charge in [0.15, 0.2) is 0 Å². The quantitative estimate of drug-likeness (QED) is 0.406. The minimum Gasteiger partial charge on any atom is -0.452 e. The lowest BCUT2D eigenvalue weighted by molar-refractivity contribution is -0.117. The van der Waals surface area contributed by atoms with Crippen molar-refractivity contribution >= 4 is 12.0 Å². The number of allylic oxidation sites excluding steroid dienone is 1. The minimum absolute atomic E-state index is 0.369. The minimum atomic E-state index is -0.694. The van der Waals surface area contributed by atoms with E-state index in [0.717, 1.165) is 19.3 Å². The molecule has 0 heterocycles. The zero-order valence-electron chi connectivity index (χ0n) is 8.50. The number of methoxy groups -OCH3 is 1. The third kappa shape index (κ3) is 7.15. The molecule has 2 amide bonds. The summed E-state index contributed by atoms with van der Waals surface area (Å²) in [6.45, 7) is 2.08. The van der Waals surface area contributed by atoms with Gasteiger partial charge in [-0.2, -0.15) is 0 Å². The molecule has 0 aromatic heterocycles. The number of hydrazine groups is 1. The highest BCUT2D eigenvalue weighted by molar-refractivity contribution is 5.88. The van der Waals surface area contributed by atoms with Gasteiger partial charge in [-0.3, -0.25) is 10.2 Å². The van der Waals surface area contributed by atoms with E-state index in [0.29, 0.717) is 0 Å². The Labute approximate surface area is 83.5 Å². The number of ether oxygens (including phenoxy) is 1. The first kappa shape index (κ1) is 12.5. The van der Waals surface area contributed by atoms with Gasteiger partial charge < -0.3 is 4.74 Å². The van der Waals surface area contributed by atoms with Gasteiger partial charge in [-0.15, -0.1) is 0 Å². The number of carbonyl (C=O) groups excluding carboxylic acids is 2. The summed E-state index contributed by atoms with van der Waals surface area (Å²) < 4.78 is 4.25. The molecule has 0 saturated heterocycles. The van der Waals surface area contributed by atoms with E-state index in [2.05, 4.69) is 22.5 Å². The summed E-state index contributed by atoms with van der Waals surface area (Å²) in [6, 6.07) is 0. The van der Waals surface area contributed by atoms with Crippen molar-refractivity contribution in [2.75, 3.05) is 7.11 Å². The Morgan fingerprint density at radius 1 is 1.36 bits per heavy atom. The molecule has 0 aliphatic heterocycles. The lowest BCUT2D eigenvalue weighted by Crippen LogP contribution is -2.40. The van der Waals surface area contributed by atoms with E-state index >= 15 is 0 Å². The van der Waals surface area contributed by atoms with E-state index < -0.39 is 6.09 Å². The molecule has 0 unspecified atom stereocenters. The van der Waals surface area contributed by atoms with Crippen molar-refractivity contribution in [1.29, 1.82) is 0 Å². The smallest absolute Gasteiger partial charge is 0.425 e. The molecule has 0 saturated carbocycles. The number of unbranched alkanes of at least 4 members (excludes halogenated alkanes) is 2. The van der Waals surface area contributed by atoms with Gasteiger partial charge >= 0.3 is 6.09 Å². The third-order valence-corrected chi connectivity index (χ3v) is 1.47. The molecule has 0 bridgehead atoms. The van der Waals surface area contributed by atoms with Crippen LogP contribution >= 0.6 is 0 Å². The second-order valence-corrected chi connectivity index (χ2v) is 2.65. The monoisotopic (exact) mass is 200 g/mol. The van der Waals surface area contributed by atoms with Gasteiger partial charge in [0.2, 0.25) is 0 Å². The first-order chi connectivity index (χ1) is 6.70. The maximum absolute atomic E-state index is 11.0. The molecular formula is C9H16N2O3. The van der Waals surface area contributed by atoms with Crippen LogP contribution in [-0.4, -0.2) is 19.1 Å². The predicted molar refractivity (Wildman–Crippen MR) is 52.3 cm³/mol. The summed E-state index contributed by atoms with van der Waals surface area (Å²) >= 11 is 0. The number of carbonyl (C=O) groups is 2. The van der Waals surface area contributed by atoms with Gasteiger partial charge in [-0.1, -0.05) is 25.8 Å². The molecule has 0 radical (unpaired) electrons. The van der Waals surface area contributed by atoms with Crippen LogP contribution in [0.5, 0.6) is 0 Å². The van der Waals surface area contributed by atoms with E-state index in [1.807, 2.05) is 0 Å². The fraction of sp³-hybridized carbons (Fsp3) is 0.556. The molecule has 5 nitrogen and oxygen atoms in total. The lowest BCUT2D eigenvalue weighted by Gasteiger charge is -2.02. The normalized spacial score (nSPS) is 9.86. The molecule has 0 rings (SSSR count). The average Bonchev–Trinajstić information content (AvgIpc) is 2.21. The van der Waals surface area contributed by atoms with Gasteiger partial charge in [0.1, 0.15) is 0 Å². The Balaban J connectivity index is 3.54. The molecule has 80 valence electrons. The van der Waals surface area contributed by atoms with Crippen LogP contribution in [0.15, 0.2) is 12.2 Å². The van der Waals surface area contributed by atoms with Crippen molar-refractivity contribution < 1.29 is 14.3 Å². The van der Waals surface area contributed by atoms with Crippen LogP contribution in [0.1, 0.15) is 26.2 Å². The van der Waals surface area contributed by atoms with E-state index in [-0.39, 0.29) is 5.91 Å². The van der Waals surface area contributed by atoms with Gasteiger partial charge in [-0.05, 0) is 6.42 Å². The summed E-state index contributed by atoms with van der Waals surface area (Å²) in [5.41, 5.74) is 4.22. The fourth-order valence-corrected chi connectivity index (χ4v) is 0.718. The molecular weight excluding hydrogens is 184 g/mol. The highest BCUT2D eigenvalue weighted by atomic mass is 16.5. The second-order valence-electron chi connectivity index (χ2n) is 2.65. The topological polar surface area (TPSA) is 67.4 Å². The van der Waals surface area contributed by atoms with Gasteiger partial charge in [-0.25, -0.2) is 10.2 Å². The van der Waals surface area contributed by atoms with Crippen molar-refractivity contribution in [3.05, 3.63) is 12.2 Å². The van der Waals surface area contributed by atoms with E-state index in [4.69, 9.17) is 0 Å². The average molecular weight is 200 g/mol. The Hall–Kier alpha value is -1.52. The second kappa shape index (κ2) is 8.10. The van der Waals surface area contributed by atoms with Gasteiger partial charge in [0.25, 0.3) is 5.91 Å². The highest BCUT2D eigenvalue weighted by Crippen LogP contribution is 1.94. The molecule has 5 heteroatoms. The molecule has 0 spiro atoms. The van der Waals surface area contributed by atoms with Crippen LogP contribution in [-0.2, 0) is 9.53 Å². The molecule has 0 fully saturated rings. The molecule has 2 N–H and O–H groups in total. The Bertz CT molecular complexity index is 214. The number of amides is 2. The Kier molecular flexibility index (Phi) is 7.22. The van der Waals surface area contributed by atoms with Crippen molar-refractivity contribution in [1.82, 2.24) is 10.9 Å². The van der Waals surface area contributed by atoms with E-state index in [9.17, 15) is 9.59 Å². The first-order valence-corrected chi connectivity index (χ1v) is 4.51. The van der Waals surface area contributed by atoms with Gasteiger partial charge in [0, 0.05) is 6.08 Å². The number of hydrogen-bond acceptors (Lipinski definition) is 3. The molecule has 0 aromatic carbocycles. The van der Waals surface area contributed by atoms with Crippen LogP contribution in [0, 0.1) is 0 Å². The lowest BCUT2D eigenvalue weighted by atomic mass is 10.2. The summed E-state index contributed by atoms with van der Waals surface area (Å²) in [4.78, 5) is 21.5. The molecule has 14 heavy (non-hydrogen) atoms. The zero-order valence-corrected chi connectivity index (χ0v) is 8.50. The zero-order chi connectivity index (χ0) is 10.8. The largest absolute Gasteiger partial charge is 0.452 e.